The summed E-state index contributed by atoms with van der Waals surface area (Å²) in [5.74, 6) is 0.662. The summed E-state index contributed by atoms with van der Waals surface area (Å²) in [5.41, 5.74) is 0.636. The minimum absolute atomic E-state index is 0.0991. The maximum atomic E-state index is 12.9. The third-order valence-electron chi connectivity index (χ3n) is 4.72. The normalized spacial score (nSPS) is 17.8. The van der Waals surface area contributed by atoms with E-state index in [1.54, 1.807) is 53.2 Å². The molecule has 28 heavy (non-hydrogen) atoms. The highest BCUT2D eigenvalue weighted by Gasteiger charge is 2.33. The Balaban J connectivity index is 1.54. The molecule has 1 aliphatic heterocycles. The maximum Gasteiger partial charge on any atom is 0.319 e. The third-order valence-corrected chi connectivity index (χ3v) is 8.05. The Labute approximate surface area is 169 Å². The van der Waals surface area contributed by atoms with E-state index in [0.717, 1.165) is 19.3 Å². The van der Waals surface area contributed by atoms with Gasteiger partial charge in [0, 0.05) is 30.9 Å². The van der Waals surface area contributed by atoms with Crippen molar-refractivity contribution >= 4 is 33.1 Å². The van der Waals surface area contributed by atoms with Gasteiger partial charge in [0.05, 0.1) is 7.11 Å². The Kier molecular flexibility index (Phi) is 6.93. The molecule has 1 aromatic carbocycles. The highest BCUT2D eigenvalue weighted by Crippen LogP contribution is 2.29. The maximum absolute atomic E-state index is 12.9. The standard InChI is InChI=1S/C19H25N3O4S2/c1-26-17-8-4-6-15(14-17)21-19(23)20-11-10-16-7-2-3-12-22(16)28(24,25)18-9-5-13-27-18/h4-6,8-9,13-14,16H,2-3,7,10-12H2,1H3,(H2,20,21,23). The number of amides is 2. The zero-order valence-corrected chi connectivity index (χ0v) is 17.4. The van der Waals surface area contributed by atoms with Crippen molar-refractivity contribution in [1.29, 1.82) is 0 Å². The van der Waals surface area contributed by atoms with E-state index < -0.39 is 10.0 Å². The Morgan fingerprint density at radius 2 is 2.14 bits per heavy atom. The summed E-state index contributed by atoms with van der Waals surface area (Å²) < 4.78 is 32.9. The van der Waals surface area contributed by atoms with Crippen molar-refractivity contribution in [3.05, 3.63) is 41.8 Å². The Morgan fingerprint density at radius 3 is 2.89 bits per heavy atom. The molecule has 1 unspecified atom stereocenters. The molecule has 1 aliphatic rings. The second-order valence-corrected chi connectivity index (χ2v) is 9.66. The first-order valence-corrected chi connectivity index (χ1v) is 11.6. The molecule has 0 aliphatic carbocycles. The molecule has 2 N–H and O–H groups in total. The van der Waals surface area contributed by atoms with Gasteiger partial charge in [0.15, 0.2) is 0 Å². The van der Waals surface area contributed by atoms with Gasteiger partial charge in [-0.25, -0.2) is 13.2 Å². The Bertz CT molecular complexity index is 884. The van der Waals surface area contributed by atoms with E-state index in [2.05, 4.69) is 10.6 Å². The van der Waals surface area contributed by atoms with Gasteiger partial charge in [-0.3, -0.25) is 0 Å². The molecule has 0 bridgehead atoms. The van der Waals surface area contributed by atoms with E-state index in [1.807, 2.05) is 0 Å². The van der Waals surface area contributed by atoms with Crippen LogP contribution in [0.2, 0.25) is 0 Å². The highest BCUT2D eigenvalue weighted by atomic mass is 32.2. The number of sulfonamides is 1. The van der Waals surface area contributed by atoms with Crippen LogP contribution < -0.4 is 15.4 Å². The number of piperidine rings is 1. The number of hydrogen-bond acceptors (Lipinski definition) is 5. The number of carbonyl (C=O) groups excluding carboxylic acids is 1. The Hall–Kier alpha value is -2.10. The molecule has 1 atom stereocenters. The summed E-state index contributed by atoms with van der Waals surface area (Å²) in [5, 5.41) is 7.35. The number of urea groups is 1. The summed E-state index contributed by atoms with van der Waals surface area (Å²) in [7, 11) is -1.90. The van der Waals surface area contributed by atoms with Crippen molar-refractivity contribution in [2.24, 2.45) is 0 Å². The lowest BCUT2D eigenvalue weighted by atomic mass is 10.0. The molecule has 1 saturated heterocycles. The molecule has 2 heterocycles. The SMILES string of the molecule is COc1cccc(NC(=O)NCCC2CCCCN2S(=O)(=O)c2cccs2)c1. The van der Waals surface area contributed by atoms with E-state index in [4.69, 9.17) is 4.74 Å². The van der Waals surface area contributed by atoms with Crippen LogP contribution in [-0.4, -0.2) is 45.0 Å². The number of rotatable bonds is 7. The first-order chi connectivity index (χ1) is 13.5. The third kappa shape index (κ3) is 5.03. The van der Waals surface area contributed by atoms with Gasteiger partial charge in [-0.1, -0.05) is 18.6 Å². The zero-order chi connectivity index (χ0) is 20.0. The van der Waals surface area contributed by atoms with Crippen molar-refractivity contribution in [3.8, 4) is 5.75 Å². The van der Waals surface area contributed by atoms with Crippen LogP contribution in [0.25, 0.3) is 0 Å². The minimum Gasteiger partial charge on any atom is -0.497 e. The molecular formula is C19H25N3O4S2. The minimum atomic E-state index is -3.47. The first-order valence-electron chi connectivity index (χ1n) is 9.25. The summed E-state index contributed by atoms with van der Waals surface area (Å²) in [6, 6.07) is 10.1. The van der Waals surface area contributed by atoms with Gasteiger partial charge in [0.1, 0.15) is 9.96 Å². The van der Waals surface area contributed by atoms with Gasteiger partial charge in [0.2, 0.25) is 0 Å². The second kappa shape index (κ2) is 9.40. The van der Waals surface area contributed by atoms with Crippen LogP contribution in [0.1, 0.15) is 25.7 Å². The van der Waals surface area contributed by atoms with Crippen LogP contribution in [0.5, 0.6) is 5.75 Å². The van der Waals surface area contributed by atoms with E-state index in [9.17, 15) is 13.2 Å². The average molecular weight is 424 g/mol. The van der Waals surface area contributed by atoms with E-state index in [0.29, 0.717) is 35.2 Å². The molecule has 9 heteroatoms. The van der Waals surface area contributed by atoms with Crippen molar-refractivity contribution in [2.45, 2.75) is 35.9 Å². The van der Waals surface area contributed by atoms with E-state index in [-0.39, 0.29) is 12.1 Å². The van der Waals surface area contributed by atoms with Crippen LogP contribution in [0.15, 0.2) is 46.0 Å². The number of methoxy groups -OCH3 is 1. The van der Waals surface area contributed by atoms with Gasteiger partial charge in [0.25, 0.3) is 10.0 Å². The van der Waals surface area contributed by atoms with Gasteiger partial charge in [-0.05, 0) is 42.8 Å². The lowest BCUT2D eigenvalue weighted by Crippen LogP contribution is -2.45. The molecule has 1 fully saturated rings. The fraction of sp³-hybridized carbons (Fsp3) is 0.421. The molecule has 3 rings (SSSR count). The fourth-order valence-corrected chi connectivity index (χ4v) is 6.18. The van der Waals surface area contributed by atoms with Crippen molar-refractivity contribution in [3.63, 3.8) is 0 Å². The molecule has 2 amide bonds. The first kappa shape index (κ1) is 20.6. The van der Waals surface area contributed by atoms with Crippen molar-refractivity contribution in [1.82, 2.24) is 9.62 Å². The highest BCUT2D eigenvalue weighted by molar-refractivity contribution is 7.91. The Morgan fingerprint density at radius 1 is 1.29 bits per heavy atom. The van der Waals surface area contributed by atoms with E-state index in [1.165, 1.54) is 11.3 Å². The number of thiophene rings is 1. The molecule has 2 aromatic rings. The van der Waals surface area contributed by atoms with Crippen LogP contribution in [-0.2, 0) is 10.0 Å². The summed E-state index contributed by atoms with van der Waals surface area (Å²) >= 11 is 1.24. The molecule has 0 radical (unpaired) electrons. The second-order valence-electron chi connectivity index (χ2n) is 6.60. The molecule has 0 spiro atoms. The van der Waals surface area contributed by atoms with Crippen molar-refractivity contribution < 1.29 is 17.9 Å². The molecular weight excluding hydrogens is 398 g/mol. The number of carbonyl (C=O) groups is 1. The van der Waals surface area contributed by atoms with Crippen LogP contribution in [0.4, 0.5) is 10.5 Å². The number of nitrogens with one attached hydrogen (secondary N) is 2. The van der Waals surface area contributed by atoms with Crippen LogP contribution in [0.3, 0.4) is 0 Å². The van der Waals surface area contributed by atoms with Gasteiger partial charge in [-0.2, -0.15) is 4.31 Å². The number of nitrogens with zero attached hydrogens (tertiary/aromatic N) is 1. The quantitative estimate of drug-likeness (QED) is 0.713. The summed E-state index contributed by atoms with van der Waals surface area (Å²) in [6.45, 7) is 0.928. The largest absolute Gasteiger partial charge is 0.497 e. The summed E-state index contributed by atoms with van der Waals surface area (Å²) in [4.78, 5) is 12.1. The predicted molar refractivity (Wildman–Crippen MR) is 110 cm³/mol. The number of benzene rings is 1. The molecule has 1 aromatic heterocycles. The smallest absolute Gasteiger partial charge is 0.319 e. The van der Waals surface area contributed by atoms with Crippen LogP contribution in [0, 0.1) is 0 Å². The molecule has 152 valence electrons. The predicted octanol–water partition coefficient (Wildman–Crippen LogP) is 3.51. The van der Waals surface area contributed by atoms with E-state index >= 15 is 0 Å². The van der Waals surface area contributed by atoms with Crippen LogP contribution >= 0.6 is 11.3 Å². The van der Waals surface area contributed by atoms with Gasteiger partial charge in [-0.15, -0.1) is 11.3 Å². The molecule has 0 saturated carbocycles. The number of anilines is 1. The topological polar surface area (TPSA) is 87.7 Å². The fourth-order valence-electron chi connectivity index (χ4n) is 3.33. The average Bonchev–Trinajstić information content (AvgIpc) is 3.24. The monoisotopic (exact) mass is 423 g/mol. The molecule has 7 nitrogen and oxygen atoms in total. The summed E-state index contributed by atoms with van der Waals surface area (Å²) in [6.07, 6.45) is 3.25. The van der Waals surface area contributed by atoms with Gasteiger partial charge < -0.3 is 15.4 Å². The van der Waals surface area contributed by atoms with Crippen molar-refractivity contribution in [2.75, 3.05) is 25.5 Å². The zero-order valence-electron chi connectivity index (χ0n) is 15.8. The lowest BCUT2D eigenvalue weighted by Gasteiger charge is -2.34. The number of ether oxygens (including phenoxy) is 1. The number of hydrogen-bond donors (Lipinski definition) is 2. The van der Waals surface area contributed by atoms with Gasteiger partial charge >= 0.3 is 6.03 Å². The lowest BCUT2D eigenvalue weighted by molar-refractivity contribution is 0.234.